The van der Waals surface area contributed by atoms with Crippen LogP contribution in [-0.4, -0.2) is 27.8 Å². The third-order valence-electron chi connectivity index (χ3n) is 4.99. The Labute approximate surface area is 178 Å². The van der Waals surface area contributed by atoms with Crippen molar-refractivity contribution in [2.75, 3.05) is 6.61 Å². The number of ether oxygens (including phenoxy) is 1. The van der Waals surface area contributed by atoms with Gasteiger partial charge in [-0.25, -0.2) is 0 Å². The summed E-state index contributed by atoms with van der Waals surface area (Å²) in [5.41, 5.74) is 10.5. The molecule has 2 heterocycles. The molecule has 2 aromatic heterocycles. The quantitative estimate of drug-likeness (QED) is 0.399. The van der Waals surface area contributed by atoms with Crippen molar-refractivity contribution in [3.63, 3.8) is 0 Å². The summed E-state index contributed by atoms with van der Waals surface area (Å²) in [4.78, 5) is 15.4. The Hall–Kier alpha value is -3.68. The molecule has 7 heteroatoms. The number of furan rings is 1. The summed E-state index contributed by atoms with van der Waals surface area (Å²) >= 11 is 0. The third kappa shape index (κ3) is 4.58. The first-order valence-corrected chi connectivity index (χ1v) is 9.80. The van der Waals surface area contributed by atoms with Crippen LogP contribution in [-0.2, 0) is 17.8 Å². The highest BCUT2D eigenvalue weighted by atomic mass is 16.5. The molecule has 7 nitrogen and oxygen atoms in total. The molecule has 1 atom stereocenters. The predicted octanol–water partition coefficient (Wildman–Crippen LogP) is 3.69. The van der Waals surface area contributed by atoms with Gasteiger partial charge in [-0.15, -0.1) is 0 Å². The van der Waals surface area contributed by atoms with Gasteiger partial charge in [0, 0.05) is 22.7 Å². The van der Waals surface area contributed by atoms with Gasteiger partial charge in [-0.05, 0) is 47.5 Å². The molecule has 2 aromatic carbocycles. The second-order valence-corrected chi connectivity index (χ2v) is 7.21. The number of fused-ring (bicyclic) bond motifs is 1. The number of nitrogens with zero attached hydrogens (tertiary/aromatic N) is 1. The fraction of sp³-hybridized carbons (Fsp3) is 0.167. The van der Waals surface area contributed by atoms with Crippen LogP contribution < -0.4 is 10.5 Å². The molecule has 158 valence electrons. The summed E-state index contributed by atoms with van der Waals surface area (Å²) in [6, 6.07) is 16.1. The highest BCUT2D eigenvalue weighted by Gasteiger charge is 2.14. The number of aromatic nitrogens is 1. The number of para-hydroxylation sites is 1. The number of carbonyl (C=O) groups is 1. The van der Waals surface area contributed by atoms with Gasteiger partial charge in [-0.2, -0.15) is 0 Å². The van der Waals surface area contributed by atoms with Crippen LogP contribution in [0.5, 0.6) is 5.75 Å². The van der Waals surface area contributed by atoms with Crippen LogP contribution in [0.4, 0.5) is 0 Å². The molecule has 0 aliphatic heterocycles. The van der Waals surface area contributed by atoms with Crippen molar-refractivity contribution in [2.24, 2.45) is 5.73 Å². The van der Waals surface area contributed by atoms with E-state index in [1.54, 1.807) is 30.7 Å². The standard InChI is InChI=1S/C24H22N2O5/c25-20(13-27)21-11-16(5-7-26-21)19-10-15(9-18-6-8-30-24(18)19)14-31-22-4-2-1-3-17(22)12-23(28)29/h1-11,20,27H,12-14,25H2,(H,28,29). The van der Waals surface area contributed by atoms with E-state index in [9.17, 15) is 9.90 Å². The van der Waals surface area contributed by atoms with Crippen LogP contribution >= 0.6 is 0 Å². The van der Waals surface area contributed by atoms with Gasteiger partial charge in [0.1, 0.15) is 17.9 Å². The zero-order chi connectivity index (χ0) is 21.8. The van der Waals surface area contributed by atoms with Crippen LogP contribution in [0.2, 0.25) is 0 Å². The molecule has 0 fully saturated rings. The number of nitrogens with two attached hydrogens (primary N) is 1. The van der Waals surface area contributed by atoms with E-state index in [-0.39, 0.29) is 19.6 Å². The van der Waals surface area contributed by atoms with Crippen LogP contribution in [0.25, 0.3) is 22.1 Å². The van der Waals surface area contributed by atoms with E-state index < -0.39 is 12.0 Å². The van der Waals surface area contributed by atoms with Gasteiger partial charge >= 0.3 is 5.97 Å². The van der Waals surface area contributed by atoms with E-state index in [0.717, 1.165) is 27.7 Å². The summed E-state index contributed by atoms with van der Waals surface area (Å²) in [5.74, 6) is -0.369. The van der Waals surface area contributed by atoms with Gasteiger partial charge in [0.2, 0.25) is 0 Å². The molecule has 0 bridgehead atoms. The summed E-state index contributed by atoms with van der Waals surface area (Å²) in [7, 11) is 0. The molecule has 4 N–H and O–H groups in total. The average Bonchev–Trinajstić information content (AvgIpc) is 3.26. The minimum Gasteiger partial charge on any atom is -0.489 e. The largest absolute Gasteiger partial charge is 0.489 e. The first-order chi connectivity index (χ1) is 15.0. The topological polar surface area (TPSA) is 119 Å². The summed E-state index contributed by atoms with van der Waals surface area (Å²) in [6.45, 7) is 0.0646. The SMILES string of the molecule is NC(CO)c1cc(-c2cc(COc3ccccc3CC(=O)O)cc3ccoc23)ccn1. The molecule has 0 saturated carbocycles. The van der Waals surface area contributed by atoms with Gasteiger partial charge < -0.3 is 25.1 Å². The van der Waals surface area contributed by atoms with Crippen molar-refractivity contribution in [2.45, 2.75) is 19.1 Å². The number of hydrogen-bond acceptors (Lipinski definition) is 6. The third-order valence-corrected chi connectivity index (χ3v) is 4.99. The van der Waals surface area contributed by atoms with Crippen LogP contribution in [0.1, 0.15) is 22.9 Å². The van der Waals surface area contributed by atoms with Gasteiger partial charge in [0.15, 0.2) is 0 Å². The molecule has 4 aromatic rings. The predicted molar refractivity (Wildman–Crippen MR) is 116 cm³/mol. The van der Waals surface area contributed by atoms with E-state index in [0.29, 0.717) is 17.0 Å². The van der Waals surface area contributed by atoms with Crippen molar-refractivity contribution >= 4 is 16.9 Å². The smallest absolute Gasteiger partial charge is 0.307 e. The first-order valence-electron chi connectivity index (χ1n) is 9.80. The second-order valence-electron chi connectivity index (χ2n) is 7.21. The highest BCUT2D eigenvalue weighted by molar-refractivity contribution is 5.93. The molecule has 0 amide bonds. The van der Waals surface area contributed by atoms with Gasteiger partial charge in [0.05, 0.1) is 31.0 Å². The molecule has 0 radical (unpaired) electrons. The van der Waals surface area contributed by atoms with Crippen molar-refractivity contribution in [3.8, 4) is 16.9 Å². The number of rotatable bonds is 8. The van der Waals surface area contributed by atoms with Crippen LogP contribution in [0, 0.1) is 0 Å². The number of aliphatic hydroxyl groups is 1. The number of carboxylic acid groups (broad SMARTS) is 1. The van der Waals surface area contributed by atoms with Gasteiger partial charge in [-0.1, -0.05) is 18.2 Å². The van der Waals surface area contributed by atoms with Gasteiger partial charge in [0.25, 0.3) is 0 Å². The Bertz CT molecular complexity index is 1220. The van der Waals surface area contributed by atoms with Crippen molar-refractivity contribution < 1.29 is 24.2 Å². The molecule has 31 heavy (non-hydrogen) atoms. The maximum atomic E-state index is 11.1. The minimum atomic E-state index is -0.910. The fourth-order valence-electron chi connectivity index (χ4n) is 3.47. The van der Waals surface area contributed by atoms with E-state index in [1.807, 2.05) is 36.4 Å². The highest BCUT2D eigenvalue weighted by Crippen LogP contribution is 2.32. The number of hydrogen-bond donors (Lipinski definition) is 3. The van der Waals surface area contributed by atoms with Crippen molar-refractivity contribution in [1.29, 1.82) is 0 Å². The Morgan fingerprint density at radius 1 is 1.16 bits per heavy atom. The Morgan fingerprint density at radius 3 is 2.81 bits per heavy atom. The minimum absolute atomic E-state index is 0.104. The summed E-state index contributed by atoms with van der Waals surface area (Å²) < 4.78 is 11.7. The molecular weight excluding hydrogens is 396 g/mol. The lowest BCUT2D eigenvalue weighted by molar-refractivity contribution is -0.136. The number of pyridine rings is 1. The maximum Gasteiger partial charge on any atom is 0.307 e. The molecule has 0 spiro atoms. The fourth-order valence-corrected chi connectivity index (χ4v) is 3.47. The Balaban J connectivity index is 1.67. The summed E-state index contributed by atoms with van der Waals surface area (Å²) in [6.07, 6.45) is 3.18. The number of aliphatic hydroxyl groups excluding tert-OH is 1. The zero-order valence-corrected chi connectivity index (χ0v) is 16.7. The van der Waals surface area contributed by atoms with Gasteiger partial charge in [-0.3, -0.25) is 9.78 Å². The van der Waals surface area contributed by atoms with Crippen molar-refractivity contribution in [1.82, 2.24) is 4.98 Å². The molecule has 0 aliphatic rings. The molecular formula is C24H22N2O5. The number of aliphatic carboxylic acids is 1. The van der Waals surface area contributed by atoms with E-state index in [2.05, 4.69) is 4.98 Å². The zero-order valence-electron chi connectivity index (χ0n) is 16.7. The molecule has 0 saturated heterocycles. The van der Waals surface area contributed by atoms with Crippen LogP contribution in [0.3, 0.4) is 0 Å². The normalized spacial score (nSPS) is 12.1. The van der Waals surface area contributed by atoms with E-state index in [4.69, 9.17) is 20.0 Å². The molecule has 0 aliphatic carbocycles. The lowest BCUT2D eigenvalue weighted by atomic mass is 10.00. The lowest BCUT2D eigenvalue weighted by Gasteiger charge is -2.13. The lowest BCUT2D eigenvalue weighted by Crippen LogP contribution is -2.15. The Kier molecular flexibility index (Phi) is 5.97. The number of carboxylic acids is 1. The monoisotopic (exact) mass is 418 g/mol. The number of benzene rings is 2. The molecule has 4 rings (SSSR count). The van der Waals surface area contributed by atoms with E-state index in [1.165, 1.54) is 0 Å². The second kappa shape index (κ2) is 8.99. The average molecular weight is 418 g/mol. The van der Waals surface area contributed by atoms with Crippen LogP contribution in [0.15, 0.2) is 71.5 Å². The maximum absolute atomic E-state index is 11.1. The molecule has 1 unspecified atom stereocenters. The van der Waals surface area contributed by atoms with Crippen molar-refractivity contribution in [3.05, 3.63) is 83.9 Å². The van der Waals surface area contributed by atoms with E-state index >= 15 is 0 Å². The summed E-state index contributed by atoms with van der Waals surface area (Å²) in [5, 5.41) is 19.4. The first kappa shape index (κ1) is 20.6. The Morgan fingerprint density at radius 2 is 2.00 bits per heavy atom.